The lowest BCUT2D eigenvalue weighted by Gasteiger charge is -2.10. The molecule has 1 unspecified atom stereocenters. The third-order valence-corrected chi connectivity index (χ3v) is 3.06. The van der Waals surface area contributed by atoms with Crippen LogP contribution in [0.1, 0.15) is 12.2 Å². The van der Waals surface area contributed by atoms with Crippen molar-refractivity contribution in [3.63, 3.8) is 0 Å². The second-order valence-electron chi connectivity index (χ2n) is 4.26. The standard InChI is InChI=1S/C10H16N4O3/c1-7-12-10(14(15)16)9(13(7)2)11-5-8-3-4-17-6-8/h8,11H,3-6H2,1-2H3. The Balaban J connectivity index is 2.10. The van der Waals surface area contributed by atoms with Crippen molar-refractivity contribution in [2.24, 2.45) is 13.0 Å². The number of hydrogen-bond donors (Lipinski definition) is 1. The second kappa shape index (κ2) is 4.70. The minimum absolute atomic E-state index is 0.107. The van der Waals surface area contributed by atoms with Gasteiger partial charge in [0.2, 0.25) is 11.6 Å². The van der Waals surface area contributed by atoms with Gasteiger partial charge in [-0.1, -0.05) is 0 Å². The molecule has 1 aliphatic heterocycles. The predicted octanol–water partition coefficient (Wildman–Crippen LogP) is 1.09. The van der Waals surface area contributed by atoms with Gasteiger partial charge in [0.05, 0.1) is 6.61 Å². The van der Waals surface area contributed by atoms with Gasteiger partial charge in [-0.05, 0) is 16.3 Å². The maximum absolute atomic E-state index is 10.8. The molecule has 1 aromatic rings. The van der Waals surface area contributed by atoms with Crippen LogP contribution >= 0.6 is 0 Å². The largest absolute Gasteiger partial charge is 0.406 e. The van der Waals surface area contributed by atoms with Crippen molar-refractivity contribution in [3.8, 4) is 0 Å². The summed E-state index contributed by atoms with van der Waals surface area (Å²) in [6.45, 7) is 3.92. The first kappa shape index (κ1) is 11.8. The first-order valence-electron chi connectivity index (χ1n) is 5.59. The van der Waals surface area contributed by atoms with Crippen LogP contribution < -0.4 is 5.32 Å². The zero-order valence-corrected chi connectivity index (χ0v) is 9.97. The van der Waals surface area contributed by atoms with Crippen molar-refractivity contribution in [3.05, 3.63) is 15.9 Å². The topological polar surface area (TPSA) is 82.2 Å². The monoisotopic (exact) mass is 240 g/mol. The molecule has 7 nitrogen and oxygen atoms in total. The summed E-state index contributed by atoms with van der Waals surface area (Å²) in [6.07, 6.45) is 0.998. The van der Waals surface area contributed by atoms with Crippen LogP contribution in [0.15, 0.2) is 0 Å². The van der Waals surface area contributed by atoms with Crippen molar-refractivity contribution < 1.29 is 9.66 Å². The molecule has 1 atom stereocenters. The summed E-state index contributed by atoms with van der Waals surface area (Å²) < 4.78 is 6.96. The van der Waals surface area contributed by atoms with Crippen LogP contribution in [0.2, 0.25) is 0 Å². The van der Waals surface area contributed by atoms with Crippen LogP contribution in [0.5, 0.6) is 0 Å². The molecule has 1 saturated heterocycles. The van der Waals surface area contributed by atoms with E-state index in [1.807, 2.05) is 0 Å². The molecule has 2 heterocycles. The fraction of sp³-hybridized carbons (Fsp3) is 0.700. The highest BCUT2D eigenvalue weighted by molar-refractivity contribution is 5.53. The zero-order valence-electron chi connectivity index (χ0n) is 9.97. The first-order chi connectivity index (χ1) is 8.09. The summed E-state index contributed by atoms with van der Waals surface area (Å²) in [4.78, 5) is 14.3. The summed E-state index contributed by atoms with van der Waals surface area (Å²) in [5, 5.41) is 14.0. The molecule has 0 bridgehead atoms. The van der Waals surface area contributed by atoms with Crippen molar-refractivity contribution in [1.82, 2.24) is 9.55 Å². The smallest absolute Gasteiger partial charge is 0.381 e. The number of nitrogens with zero attached hydrogens (tertiary/aromatic N) is 3. The molecular weight excluding hydrogens is 224 g/mol. The molecular formula is C10H16N4O3. The molecule has 0 aliphatic carbocycles. The van der Waals surface area contributed by atoms with Crippen LogP contribution in [0, 0.1) is 23.0 Å². The van der Waals surface area contributed by atoms with E-state index < -0.39 is 4.92 Å². The molecule has 1 fully saturated rings. The molecule has 2 rings (SSSR count). The van der Waals surface area contributed by atoms with Gasteiger partial charge in [0.25, 0.3) is 0 Å². The van der Waals surface area contributed by atoms with E-state index in [1.165, 1.54) is 0 Å². The lowest BCUT2D eigenvalue weighted by atomic mass is 10.1. The number of hydrogen-bond acceptors (Lipinski definition) is 5. The highest BCUT2D eigenvalue weighted by atomic mass is 16.6. The number of anilines is 1. The lowest BCUT2D eigenvalue weighted by molar-refractivity contribution is -0.388. The van der Waals surface area contributed by atoms with Crippen LogP contribution in [-0.2, 0) is 11.8 Å². The zero-order chi connectivity index (χ0) is 12.4. The van der Waals surface area contributed by atoms with Crippen molar-refractivity contribution in [2.45, 2.75) is 13.3 Å². The summed E-state index contributed by atoms with van der Waals surface area (Å²) >= 11 is 0. The number of nitrogens with one attached hydrogen (secondary N) is 1. The van der Waals surface area contributed by atoms with E-state index in [0.29, 0.717) is 24.1 Å². The Morgan fingerprint density at radius 3 is 3.06 bits per heavy atom. The van der Waals surface area contributed by atoms with Gasteiger partial charge in [-0.25, -0.2) is 0 Å². The third-order valence-electron chi connectivity index (χ3n) is 3.06. The van der Waals surface area contributed by atoms with Gasteiger partial charge in [-0.15, -0.1) is 0 Å². The number of aryl methyl sites for hydroxylation is 1. The van der Waals surface area contributed by atoms with E-state index in [-0.39, 0.29) is 5.82 Å². The molecule has 7 heteroatoms. The Kier molecular flexibility index (Phi) is 3.28. The highest BCUT2D eigenvalue weighted by Gasteiger charge is 2.24. The SMILES string of the molecule is Cc1nc([N+](=O)[O-])c(NCC2CCOC2)n1C. The lowest BCUT2D eigenvalue weighted by Crippen LogP contribution is -2.16. The quantitative estimate of drug-likeness (QED) is 0.629. The molecule has 17 heavy (non-hydrogen) atoms. The van der Waals surface area contributed by atoms with E-state index in [9.17, 15) is 10.1 Å². The van der Waals surface area contributed by atoms with Gasteiger partial charge in [-0.3, -0.25) is 4.57 Å². The van der Waals surface area contributed by atoms with E-state index >= 15 is 0 Å². The molecule has 0 radical (unpaired) electrons. The molecule has 0 aromatic carbocycles. The highest BCUT2D eigenvalue weighted by Crippen LogP contribution is 2.24. The fourth-order valence-corrected chi connectivity index (χ4v) is 1.90. The molecule has 1 N–H and O–H groups in total. The number of nitro groups is 1. The van der Waals surface area contributed by atoms with Gasteiger partial charge in [-0.2, -0.15) is 0 Å². The van der Waals surface area contributed by atoms with Crippen molar-refractivity contribution >= 4 is 11.6 Å². The maximum atomic E-state index is 10.8. The van der Waals surface area contributed by atoms with Gasteiger partial charge < -0.3 is 20.2 Å². The minimum atomic E-state index is -0.458. The van der Waals surface area contributed by atoms with Crippen LogP contribution in [0.4, 0.5) is 11.6 Å². The average molecular weight is 240 g/mol. The molecule has 0 saturated carbocycles. The molecule has 0 amide bonds. The molecule has 1 aliphatic rings. The molecule has 1 aromatic heterocycles. The summed E-state index contributed by atoms with van der Waals surface area (Å²) in [5.74, 6) is 1.41. The van der Waals surface area contributed by atoms with Gasteiger partial charge in [0.15, 0.2) is 0 Å². The van der Waals surface area contributed by atoms with Gasteiger partial charge in [0.1, 0.15) is 0 Å². The van der Waals surface area contributed by atoms with Gasteiger partial charge in [0, 0.05) is 33.0 Å². The third kappa shape index (κ3) is 2.38. The number of ether oxygens (including phenoxy) is 1. The van der Waals surface area contributed by atoms with Crippen molar-refractivity contribution in [1.29, 1.82) is 0 Å². The first-order valence-corrected chi connectivity index (χ1v) is 5.59. The summed E-state index contributed by atoms with van der Waals surface area (Å²) in [7, 11) is 1.77. The van der Waals surface area contributed by atoms with E-state index in [1.54, 1.807) is 18.5 Å². The Bertz CT molecular complexity index is 423. The van der Waals surface area contributed by atoms with Crippen LogP contribution in [0.25, 0.3) is 0 Å². The van der Waals surface area contributed by atoms with Crippen LogP contribution in [0.3, 0.4) is 0 Å². The average Bonchev–Trinajstić information content (AvgIpc) is 2.87. The molecule has 94 valence electrons. The number of imidazole rings is 1. The predicted molar refractivity (Wildman–Crippen MR) is 62.0 cm³/mol. The Morgan fingerprint density at radius 2 is 2.47 bits per heavy atom. The molecule has 0 spiro atoms. The Morgan fingerprint density at radius 1 is 1.71 bits per heavy atom. The Labute approximate surface area is 98.9 Å². The summed E-state index contributed by atoms with van der Waals surface area (Å²) in [6, 6.07) is 0. The second-order valence-corrected chi connectivity index (χ2v) is 4.26. The number of aromatic nitrogens is 2. The maximum Gasteiger partial charge on any atom is 0.406 e. The summed E-state index contributed by atoms with van der Waals surface area (Å²) in [5.41, 5.74) is 0. The van der Waals surface area contributed by atoms with Crippen molar-refractivity contribution in [2.75, 3.05) is 25.1 Å². The van der Waals surface area contributed by atoms with E-state index in [0.717, 1.165) is 19.6 Å². The fourth-order valence-electron chi connectivity index (χ4n) is 1.90. The van der Waals surface area contributed by atoms with E-state index in [4.69, 9.17) is 4.74 Å². The van der Waals surface area contributed by atoms with E-state index in [2.05, 4.69) is 10.3 Å². The Hall–Kier alpha value is -1.63. The normalized spacial score (nSPS) is 19.5. The minimum Gasteiger partial charge on any atom is -0.381 e. The van der Waals surface area contributed by atoms with Crippen LogP contribution in [-0.4, -0.2) is 34.2 Å². The number of rotatable bonds is 4. The van der Waals surface area contributed by atoms with Gasteiger partial charge >= 0.3 is 5.82 Å².